The lowest BCUT2D eigenvalue weighted by molar-refractivity contribution is 0.00724. The third-order valence-electron chi connectivity index (χ3n) is 5.77. The number of piperidine rings is 1. The van der Waals surface area contributed by atoms with E-state index in [1.165, 1.54) is 11.1 Å². The number of ether oxygens (including phenoxy) is 1. The fraction of sp³-hybridized carbons (Fsp3) is 0.682. The lowest BCUT2D eigenvalue weighted by Gasteiger charge is -2.44. The number of nitrogens with zero attached hydrogens (tertiary/aromatic N) is 1. The average Bonchev–Trinajstić information content (AvgIpc) is 2.86. The number of carbonyl (C=O) groups is 1. The molecule has 1 saturated heterocycles. The lowest BCUT2D eigenvalue weighted by atomic mass is 9.73. The van der Waals surface area contributed by atoms with Gasteiger partial charge in [0.2, 0.25) is 0 Å². The van der Waals surface area contributed by atoms with Gasteiger partial charge in [0, 0.05) is 17.6 Å². The Bertz CT molecular complexity index is 805. The van der Waals surface area contributed by atoms with Crippen molar-refractivity contribution in [1.29, 1.82) is 0 Å². The van der Waals surface area contributed by atoms with Crippen molar-refractivity contribution in [3.8, 4) is 0 Å². The number of carbonyl (C=O) groups excluding carboxylic acids is 1. The van der Waals surface area contributed by atoms with Crippen molar-refractivity contribution in [3.05, 3.63) is 33.8 Å². The zero-order valence-corrected chi connectivity index (χ0v) is 20.7. The standard InChI is InChI=1S/C22H33BrN2O3S/c1-20(2,3)28-19(26)25-11-9-22(10-12-25)14-15-7-8-16(23)13-17(15)18(22)24-29(27)21(4,5)6/h7-8,13,18,24H,9-12,14H2,1-6H3/t18-,29?/m1/s1. The van der Waals surface area contributed by atoms with Gasteiger partial charge in [0.05, 0.1) is 21.8 Å². The Morgan fingerprint density at radius 2 is 1.83 bits per heavy atom. The lowest BCUT2D eigenvalue weighted by Crippen LogP contribution is -2.49. The van der Waals surface area contributed by atoms with E-state index in [1.807, 2.05) is 46.4 Å². The Balaban J connectivity index is 1.82. The van der Waals surface area contributed by atoms with Crippen molar-refractivity contribution in [2.45, 2.75) is 77.2 Å². The monoisotopic (exact) mass is 484 g/mol. The van der Waals surface area contributed by atoms with E-state index in [0.717, 1.165) is 23.7 Å². The number of halogens is 1. The van der Waals surface area contributed by atoms with Crippen LogP contribution in [-0.4, -0.2) is 38.6 Å². The van der Waals surface area contributed by atoms with Crippen LogP contribution in [0.25, 0.3) is 0 Å². The van der Waals surface area contributed by atoms with E-state index >= 15 is 0 Å². The molecule has 0 radical (unpaired) electrons. The number of amides is 1. The molecule has 29 heavy (non-hydrogen) atoms. The highest BCUT2D eigenvalue weighted by Gasteiger charge is 2.49. The molecule has 1 aliphatic carbocycles. The smallest absolute Gasteiger partial charge is 0.410 e. The minimum atomic E-state index is -1.17. The number of benzene rings is 1. The fourth-order valence-corrected chi connectivity index (χ4v) is 5.53. The number of hydrogen-bond donors (Lipinski definition) is 1. The number of fused-ring (bicyclic) bond motifs is 1. The van der Waals surface area contributed by atoms with E-state index in [4.69, 9.17) is 4.74 Å². The Hall–Kier alpha value is -0.920. The van der Waals surface area contributed by atoms with Gasteiger partial charge in [-0.05, 0) is 89.5 Å². The second kappa shape index (κ2) is 7.97. The van der Waals surface area contributed by atoms with Gasteiger partial charge < -0.3 is 9.64 Å². The molecule has 1 aliphatic heterocycles. The summed E-state index contributed by atoms with van der Waals surface area (Å²) in [4.78, 5) is 14.3. The molecule has 0 saturated carbocycles. The zero-order valence-electron chi connectivity index (χ0n) is 18.3. The second-order valence-corrected chi connectivity index (χ2v) is 13.2. The van der Waals surface area contributed by atoms with E-state index in [2.05, 4.69) is 38.9 Å². The van der Waals surface area contributed by atoms with Crippen LogP contribution in [0.3, 0.4) is 0 Å². The highest BCUT2D eigenvalue weighted by atomic mass is 79.9. The fourth-order valence-electron chi connectivity index (χ4n) is 4.21. The van der Waals surface area contributed by atoms with Gasteiger partial charge in [-0.1, -0.05) is 22.0 Å². The van der Waals surface area contributed by atoms with Crippen molar-refractivity contribution >= 4 is 33.0 Å². The van der Waals surface area contributed by atoms with Gasteiger partial charge in [0.25, 0.3) is 0 Å². The maximum atomic E-state index is 13.0. The first-order valence-electron chi connectivity index (χ1n) is 10.3. The van der Waals surface area contributed by atoms with Crippen molar-refractivity contribution in [2.75, 3.05) is 13.1 Å². The van der Waals surface area contributed by atoms with E-state index < -0.39 is 16.6 Å². The summed E-state index contributed by atoms with van der Waals surface area (Å²) in [6.07, 6.45) is 2.42. The summed E-state index contributed by atoms with van der Waals surface area (Å²) >= 11 is 3.59. The first kappa shape index (κ1) is 22.8. The molecule has 0 aromatic heterocycles. The van der Waals surface area contributed by atoms with Crippen LogP contribution >= 0.6 is 15.9 Å². The molecule has 0 bridgehead atoms. The highest BCUT2D eigenvalue weighted by molar-refractivity contribution is 9.10. The van der Waals surface area contributed by atoms with E-state index in [-0.39, 0.29) is 22.3 Å². The summed E-state index contributed by atoms with van der Waals surface area (Å²) in [6, 6.07) is 6.41. The number of hydrogen-bond acceptors (Lipinski definition) is 3. The van der Waals surface area contributed by atoms with Crippen molar-refractivity contribution in [2.24, 2.45) is 5.41 Å². The molecule has 1 aromatic rings. The van der Waals surface area contributed by atoms with Gasteiger partial charge in [-0.2, -0.15) is 0 Å². The predicted molar refractivity (Wildman–Crippen MR) is 121 cm³/mol. The zero-order chi connectivity index (χ0) is 21.6. The van der Waals surface area contributed by atoms with E-state index in [9.17, 15) is 9.00 Å². The molecule has 1 fully saturated rings. The molecule has 1 spiro atoms. The van der Waals surface area contributed by atoms with Gasteiger partial charge in [-0.15, -0.1) is 0 Å². The largest absolute Gasteiger partial charge is 0.444 e. The van der Waals surface area contributed by atoms with Crippen LogP contribution in [0.1, 0.15) is 71.6 Å². The van der Waals surface area contributed by atoms with Crippen molar-refractivity contribution in [1.82, 2.24) is 9.62 Å². The van der Waals surface area contributed by atoms with Gasteiger partial charge in [0.15, 0.2) is 0 Å². The Labute approximate surface area is 185 Å². The van der Waals surface area contributed by atoms with E-state index in [1.54, 1.807) is 0 Å². The molecule has 2 aliphatic rings. The van der Waals surface area contributed by atoms with Crippen LogP contribution < -0.4 is 4.72 Å². The quantitative estimate of drug-likeness (QED) is 0.633. The van der Waals surface area contributed by atoms with Gasteiger partial charge in [-0.3, -0.25) is 0 Å². The summed E-state index contributed by atoms with van der Waals surface area (Å²) in [5.41, 5.74) is 2.00. The summed E-state index contributed by atoms with van der Waals surface area (Å²) in [6.45, 7) is 13.0. The topological polar surface area (TPSA) is 58.6 Å². The van der Waals surface area contributed by atoms with Crippen LogP contribution in [0.2, 0.25) is 0 Å². The Kier molecular flexibility index (Phi) is 6.25. The van der Waals surface area contributed by atoms with Crippen LogP contribution in [0.15, 0.2) is 22.7 Å². The second-order valence-electron chi connectivity index (χ2n) is 10.3. The predicted octanol–water partition coefficient (Wildman–Crippen LogP) is 5.12. The molecule has 3 rings (SSSR count). The minimum Gasteiger partial charge on any atom is -0.444 e. The number of rotatable bonds is 2. The third kappa shape index (κ3) is 5.05. The van der Waals surface area contributed by atoms with Crippen LogP contribution in [0.5, 0.6) is 0 Å². The molecule has 1 N–H and O–H groups in total. The molecule has 162 valence electrons. The van der Waals surface area contributed by atoms with E-state index in [0.29, 0.717) is 13.1 Å². The average molecular weight is 485 g/mol. The van der Waals surface area contributed by atoms with Crippen molar-refractivity contribution < 1.29 is 13.7 Å². The molecular formula is C22H33BrN2O3S. The Morgan fingerprint density at radius 1 is 1.21 bits per heavy atom. The minimum absolute atomic E-state index is 0.0100. The molecule has 5 nitrogen and oxygen atoms in total. The number of likely N-dealkylation sites (tertiary alicyclic amines) is 1. The van der Waals surface area contributed by atoms with Crippen molar-refractivity contribution in [3.63, 3.8) is 0 Å². The maximum absolute atomic E-state index is 13.0. The normalized spacial score (nSPS) is 22.4. The molecule has 2 atom stereocenters. The Morgan fingerprint density at radius 3 is 2.38 bits per heavy atom. The summed E-state index contributed by atoms with van der Waals surface area (Å²) in [5, 5.41) is 0. The summed E-state index contributed by atoms with van der Waals surface area (Å²) in [7, 11) is -1.17. The molecular weight excluding hydrogens is 452 g/mol. The van der Waals surface area contributed by atoms with Crippen LogP contribution in [0.4, 0.5) is 4.79 Å². The number of nitrogens with one attached hydrogen (secondary N) is 1. The summed E-state index contributed by atoms with van der Waals surface area (Å²) < 4.78 is 22.7. The first-order valence-corrected chi connectivity index (χ1v) is 12.2. The van der Waals surface area contributed by atoms with Gasteiger partial charge in [0.1, 0.15) is 5.60 Å². The van der Waals surface area contributed by atoms with Gasteiger partial charge >= 0.3 is 6.09 Å². The van der Waals surface area contributed by atoms with Gasteiger partial charge in [-0.25, -0.2) is 13.7 Å². The third-order valence-corrected chi connectivity index (χ3v) is 7.82. The summed E-state index contributed by atoms with van der Waals surface area (Å²) in [5.74, 6) is 0. The van der Waals surface area contributed by atoms with Crippen LogP contribution in [-0.2, 0) is 22.1 Å². The molecule has 1 aromatic carbocycles. The molecule has 1 unspecified atom stereocenters. The maximum Gasteiger partial charge on any atom is 0.410 e. The first-order chi connectivity index (χ1) is 13.3. The molecule has 1 amide bonds. The molecule has 7 heteroatoms. The SMILES string of the molecule is CC(C)(C)OC(=O)N1CCC2(CC1)Cc1ccc(Br)cc1[C@H]2NS(=O)C(C)(C)C. The van der Waals surface area contributed by atoms with Crippen LogP contribution in [0, 0.1) is 5.41 Å². The molecule has 1 heterocycles. The highest BCUT2D eigenvalue weighted by Crippen LogP contribution is 2.53.